The molecule has 1 aliphatic heterocycles. The Kier molecular flexibility index (Phi) is 5.44. The number of ether oxygens (including phenoxy) is 1. The van der Waals surface area contributed by atoms with E-state index < -0.39 is 12.0 Å². The van der Waals surface area contributed by atoms with Crippen LogP contribution in [-0.2, 0) is 9.59 Å². The summed E-state index contributed by atoms with van der Waals surface area (Å²) in [6.07, 6.45) is -0.866. The molecule has 0 unspecified atom stereocenters. The van der Waals surface area contributed by atoms with E-state index in [1.807, 2.05) is 37.3 Å². The van der Waals surface area contributed by atoms with E-state index in [-0.39, 0.29) is 25.0 Å². The molecule has 136 valence electrons. The summed E-state index contributed by atoms with van der Waals surface area (Å²) in [5.74, 6) is -0.310. The number of halogens is 1. The van der Waals surface area contributed by atoms with E-state index >= 15 is 0 Å². The molecule has 6 nitrogen and oxygen atoms in total. The standard InChI is InChI=1S/C19H20ClN3O3/c1-12(13-6-2-3-7-14(13)20)22-10-18(24)23-11-17(19(21)25)26-16-9-5-4-8-15(16)23/h2-9,12,17,22H,10-11H2,1H3,(H2,21,25)/t12-,17+/m0/s1. The van der Waals surface area contributed by atoms with Crippen LogP contribution < -0.4 is 20.7 Å². The number of primary amides is 1. The summed E-state index contributed by atoms with van der Waals surface area (Å²) in [6, 6.07) is 14.5. The molecule has 2 aromatic rings. The molecule has 3 rings (SSSR count). The molecule has 1 heterocycles. The zero-order chi connectivity index (χ0) is 18.7. The average Bonchev–Trinajstić information content (AvgIpc) is 2.65. The lowest BCUT2D eigenvalue weighted by atomic mass is 10.1. The third kappa shape index (κ3) is 3.81. The fourth-order valence-electron chi connectivity index (χ4n) is 2.89. The van der Waals surface area contributed by atoms with Crippen LogP contribution in [-0.4, -0.2) is 31.0 Å². The molecule has 0 radical (unpaired) electrons. The molecule has 1 aliphatic rings. The van der Waals surface area contributed by atoms with E-state index in [9.17, 15) is 9.59 Å². The van der Waals surface area contributed by atoms with Gasteiger partial charge in [-0.15, -0.1) is 0 Å². The van der Waals surface area contributed by atoms with Gasteiger partial charge in [0, 0.05) is 11.1 Å². The van der Waals surface area contributed by atoms with Gasteiger partial charge in [0.05, 0.1) is 18.8 Å². The zero-order valence-corrected chi connectivity index (χ0v) is 15.1. The highest BCUT2D eigenvalue weighted by atomic mass is 35.5. The van der Waals surface area contributed by atoms with E-state index in [0.29, 0.717) is 16.5 Å². The van der Waals surface area contributed by atoms with Gasteiger partial charge in [-0.2, -0.15) is 0 Å². The van der Waals surface area contributed by atoms with Crippen LogP contribution in [0.15, 0.2) is 48.5 Å². The third-order valence-electron chi connectivity index (χ3n) is 4.32. The number of fused-ring (bicyclic) bond motifs is 1. The lowest BCUT2D eigenvalue weighted by Gasteiger charge is -2.33. The van der Waals surface area contributed by atoms with Gasteiger partial charge < -0.3 is 20.7 Å². The van der Waals surface area contributed by atoms with Gasteiger partial charge in [-0.1, -0.05) is 41.9 Å². The molecule has 7 heteroatoms. The second-order valence-corrected chi connectivity index (χ2v) is 6.51. The quantitative estimate of drug-likeness (QED) is 0.842. The fraction of sp³-hybridized carbons (Fsp3) is 0.263. The van der Waals surface area contributed by atoms with Gasteiger partial charge in [-0.05, 0) is 30.7 Å². The second-order valence-electron chi connectivity index (χ2n) is 6.11. The number of benzene rings is 2. The van der Waals surface area contributed by atoms with Crippen LogP contribution in [0.2, 0.25) is 5.02 Å². The summed E-state index contributed by atoms with van der Waals surface area (Å²) in [4.78, 5) is 25.9. The van der Waals surface area contributed by atoms with Gasteiger partial charge in [-0.25, -0.2) is 0 Å². The van der Waals surface area contributed by atoms with Gasteiger partial charge >= 0.3 is 0 Å². The largest absolute Gasteiger partial charge is 0.477 e. The first-order chi connectivity index (χ1) is 12.5. The van der Waals surface area contributed by atoms with Crippen LogP contribution >= 0.6 is 11.6 Å². The minimum absolute atomic E-state index is 0.0895. The molecule has 2 atom stereocenters. The highest BCUT2D eigenvalue weighted by Gasteiger charge is 2.32. The summed E-state index contributed by atoms with van der Waals surface area (Å²) in [7, 11) is 0. The zero-order valence-electron chi connectivity index (χ0n) is 14.3. The average molecular weight is 374 g/mol. The number of nitrogens with one attached hydrogen (secondary N) is 1. The highest BCUT2D eigenvalue weighted by molar-refractivity contribution is 6.31. The maximum atomic E-state index is 12.8. The van der Waals surface area contributed by atoms with E-state index in [2.05, 4.69) is 5.32 Å². The number of nitrogens with zero attached hydrogens (tertiary/aromatic N) is 1. The molecule has 0 saturated heterocycles. The van der Waals surface area contributed by atoms with Gasteiger partial charge in [0.2, 0.25) is 5.91 Å². The number of amides is 2. The van der Waals surface area contributed by atoms with Crippen molar-refractivity contribution in [1.82, 2.24) is 5.32 Å². The Hall–Kier alpha value is -2.57. The molecule has 0 aromatic heterocycles. The summed E-state index contributed by atoms with van der Waals surface area (Å²) >= 11 is 6.20. The van der Waals surface area contributed by atoms with E-state index in [0.717, 1.165) is 5.56 Å². The Morgan fingerprint density at radius 3 is 2.69 bits per heavy atom. The van der Waals surface area contributed by atoms with Crippen molar-refractivity contribution in [3.05, 3.63) is 59.1 Å². The molecular formula is C19H20ClN3O3. The lowest BCUT2D eigenvalue weighted by molar-refractivity contribution is -0.125. The number of carbonyl (C=O) groups excluding carboxylic acids is 2. The molecule has 2 aromatic carbocycles. The van der Waals surface area contributed by atoms with Crippen LogP contribution in [0.5, 0.6) is 5.75 Å². The Morgan fingerprint density at radius 1 is 1.27 bits per heavy atom. The van der Waals surface area contributed by atoms with Crippen molar-refractivity contribution in [1.29, 1.82) is 0 Å². The van der Waals surface area contributed by atoms with Crippen molar-refractivity contribution in [3.63, 3.8) is 0 Å². The van der Waals surface area contributed by atoms with Crippen molar-refractivity contribution in [2.45, 2.75) is 19.1 Å². The summed E-state index contributed by atoms with van der Waals surface area (Å²) < 4.78 is 5.58. The van der Waals surface area contributed by atoms with Crippen molar-refractivity contribution in [2.24, 2.45) is 5.73 Å². The molecule has 0 spiro atoms. The lowest BCUT2D eigenvalue weighted by Crippen LogP contribution is -2.51. The molecule has 0 fully saturated rings. The maximum absolute atomic E-state index is 12.8. The topological polar surface area (TPSA) is 84.7 Å². The van der Waals surface area contributed by atoms with Crippen LogP contribution in [0.3, 0.4) is 0 Å². The Balaban J connectivity index is 1.73. The van der Waals surface area contributed by atoms with Crippen molar-refractivity contribution in [3.8, 4) is 5.75 Å². The first-order valence-electron chi connectivity index (χ1n) is 8.30. The molecule has 26 heavy (non-hydrogen) atoms. The third-order valence-corrected chi connectivity index (χ3v) is 4.67. The van der Waals surface area contributed by atoms with Crippen LogP contribution in [0.1, 0.15) is 18.5 Å². The van der Waals surface area contributed by atoms with Crippen LogP contribution in [0, 0.1) is 0 Å². The van der Waals surface area contributed by atoms with Gasteiger partial charge in [0.15, 0.2) is 6.10 Å². The first kappa shape index (κ1) is 18.2. The van der Waals surface area contributed by atoms with Crippen molar-refractivity contribution in [2.75, 3.05) is 18.0 Å². The van der Waals surface area contributed by atoms with Crippen molar-refractivity contribution < 1.29 is 14.3 Å². The smallest absolute Gasteiger partial charge is 0.260 e. The van der Waals surface area contributed by atoms with Gasteiger partial charge in [-0.3, -0.25) is 9.59 Å². The van der Waals surface area contributed by atoms with Crippen LogP contribution in [0.4, 0.5) is 5.69 Å². The number of para-hydroxylation sites is 2. The molecular weight excluding hydrogens is 354 g/mol. The summed E-state index contributed by atoms with van der Waals surface area (Å²) in [5, 5.41) is 3.82. The summed E-state index contributed by atoms with van der Waals surface area (Å²) in [5.41, 5.74) is 6.91. The molecule has 0 saturated carbocycles. The predicted molar refractivity (Wildman–Crippen MR) is 100 cm³/mol. The summed E-state index contributed by atoms with van der Waals surface area (Å²) in [6.45, 7) is 2.12. The Morgan fingerprint density at radius 2 is 1.96 bits per heavy atom. The number of rotatable bonds is 5. The van der Waals surface area contributed by atoms with Gasteiger partial charge in [0.25, 0.3) is 5.91 Å². The Bertz CT molecular complexity index is 827. The number of anilines is 1. The number of carbonyl (C=O) groups is 2. The fourth-order valence-corrected chi connectivity index (χ4v) is 3.19. The maximum Gasteiger partial charge on any atom is 0.260 e. The molecule has 3 N–H and O–H groups in total. The molecule has 0 aliphatic carbocycles. The SMILES string of the molecule is C[C@H](NCC(=O)N1C[C@H](C(N)=O)Oc2ccccc21)c1ccccc1Cl. The minimum Gasteiger partial charge on any atom is -0.477 e. The second kappa shape index (κ2) is 7.76. The number of nitrogens with two attached hydrogens (primary N) is 1. The van der Waals surface area contributed by atoms with E-state index in [4.69, 9.17) is 22.1 Å². The minimum atomic E-state index is -0.866. The van der Waals surface area contributed by atoms with Gasteiger partial charge in [0.1, 0.15) is 5.75 Å². The van der Waals surface area contributed by atoms with Crippen LogP contribution in [0.25, 0.3) is 0 Å². The first-order valence-corrected chi connectivity index (χ1v) is 8.68. The highest BCUT2D eigenvalue weighted by Crippen LogP contribution is 2.33. The Labute approximate surface area is 156 Å². The normalized spacial score (nSPS) is 17.2. The molecule has 2 amide bonds. The number of hydrogen-bond acceptors (Lipinski definition) is 4. The van der Waals surface area contributed by atoms with E-state index in [1.165, 1.54) is 4.90 Å². The number of hydrogen-bond donors (Lipinski definition) is 2. The predicted octanol–water partition coefficient (Wildman–Crippen LogP) is 2.27. The van der Waals surface area contributed by atoms with Crippen molar-refractivity contribution >= 4 is 29.1 Å². The van der Waals surface area contributed by atoms with E-state index in [1.54, 1.807) is 18.2 Å². The monoisotopic (exact) mass is 373 g/mol. The molecule has 0 bridgehead atoms.